The standard InChI is InChI=1S/C17H26N2O3/c1-16(2)10-14(17(3,4)22-16)18-11-15(20)19-12-8-6-7-9-13(12)21-5/h6-9,14,18H,10-11H2,1-5H3,(H,19,20). The molecule has 1 saturated heterocycles. The average molecular weight is 306 g/mol. The Bertz CT molecular complexity index is 540. The molecular formula is C17H26N2O3. The molecule has 0 radical (unpaired) electrons. The number of anilines is 1. The van der Waals surface area contributed by atoms with Crippen molar-refractivity contribution >= 4 is 11.6 Å². The van der Waals surface area contributed by atoms with Crippen LogP contribution in [0.5, 0.6) is 5.75 Å². The van der Waals surface area contributed by atoms with Crippen molar-refractivity contribution in [1.29, 1.82) is 0 Å². The molecule has 1 aliphatic heterocycles. The van der Waals surface area contributed by atoms with E-state index in [1.54, 1.807) is 7.11 Å². The highest BCUT2D eigenvalue weighted by atomic mass is 16.5. The second kappa shape index (κ2) is 6.26. The van der Waals surface area contributed by atoms with E-state index in [0.717, 1.165) is 6.42 Å². The van der Waals surface area contributed by atoms with E-state index in [1.165, 1.54) is 0 Å². The van der Waals surface area contributed by atoms with Crippen LogP contribution in [0.1, 0.15) is 34.1 Å². The minimum absolute atomic E-state index is 0.0926. The fraction of sp³-hybridized carbons (Fsp3) is 0.588. The number of carbonyl (C=O) groups is 1. The molecule has 5 heteroatoms. The molecule has 0 aromatic heterocycles. The highest BCUT2D eigenvalue weighted by Crippen LogP contribution is 2.37. The van der Waals surface area contributed by atoms with Gasteiger partial charge < -0.3 is 20.1 Å². The Hall–Kier alpha value is -1.59. The van der Waals surface area contributed by atoms with Crippen LogP contribution in [0.4, 0.5) is 5.69 Å². The van der Waals surface area contributed by atoms with Gasteiger partial charge in [0.15, 0.2) is 0 Å². The van der Waals surface area contributed by atoms with Crippen LogP contribution in [0.25, 0.3) is 0 Å². The van der Waals surface area contributed by atoms with Crippen LogP contribution in [-0.2, 0) is 9.53 Å². The Kier molecular flexibility index (Phi) is 4.78. The number of hydrogen-bond acceptors (Lipinski definition) is 4. The Morgan fingerprint density at radius 3 is 2.59 bits per heavy atom. The van der Waals surface area contributed by atoms with Crippen LogP contribution in [0.3, 0.4) is 0 Å². The van der Waals surface area contributed by atoms with Crippen molar-refractivity contribution in [2.24, 2.45) is 0 Å². The minimum Gasteiger partial charge on any atom is -0.495 e. The predicted octanol–water partition coefficient (Wildman–Crippen LogP) is 2.57. The lowest BCUT2D eigenvalue weighted by Crippen LogP contribution is -2.46. The first kappa shape index (κ1) is 16.8. The van der Waals surface area contributed by atoms with E-state index in [0.29, 0.717) is 11.4 Å². The topological polar surface area (TPSA) is 59.6 Å². The first-order valence-corrected chi connectivity index (χ1v) is 7.60. The molecule has 1 atom stereocenters. The van der Waals surface area contributed by atoms with E-state index in [-0.39, 0.29) is 29.7 Å². The summed E-state index contributed by atoms with van der Waals surface area (Å²) in [6, 6.07) is 7.52. The van der Waals surface area contributed by atoms with Gasteiger partial charge in [0.25, 0.3) is 0 Å². The van der Waals surface area contributed by atoms with Crippen molar-refractivity contribution in [3.8, 4) is 5.75 Å². The molecule has 122 valence electrons. The highest BCUT2D eigenvalue weighted by Gasteiger charge is 2.45. The fourth-order valence-electron chi connectivity index (χ4n) is 3.04. The second-order valence-corrected chi connectivity index (χ2v) is 6.85. The SMILES string of the molecule is COc1ccccc1NC(=O)CNC1CC(C)(C)OC1(C)C. The van der Waals surface area contributed by atoms with Gasteiger partial charge in [0.1, 0.15) is 5.75 Å². The molecular weight excluding hydrogens is 280 g/mol. The van der Waals surface area contributed by atoms with E-state index in [1.807, 2.05) is 24.3 Å². The maximum atomic E-state index is 12.1. The Morgan fingerprint density at radius 2 is 2.00 bits per heavy atom. The molecule has 2 N–H and O–H groups in total. The third-order valence-corrected chi connectivity index (χ3v) is 3.96. The summed E-state index contributed by atoms with van der Waals surface area (Å²) in [5.74, 6) is 0.562. The largest absolute Gasteiger partial charge is 0.495 e. The lowest BCUT2D eigenvalue weighted by Gasteiger charge is -2.27. The molecule has 1 amide bonds. The van der Waals surface area contributed by atoms with E-state index in [4.69, 9.17) is 9.47 Å². The molecule has 0 aliphatic carbocycles. The Morgan fingerprint density at radius 1 is 1.32 bits per heavy atom. The third-order valence-electron chi connectivity index (χ3n) is 3.96. The lowest BCUT2D eigenvalue weighted by atomic mass is 9.94. The zero-order chi connectivity index (χ0) is 16.4. The van der Waals surface area contributed by atoms with Gasteiger partial charge in [0, 0.05) is 6.04 Å². The van der Waals surface area contributed by atoms with Crippen molar-refractivity contribution in [2.75, 3.05) is 19.0 Å². The predicted molar refractivity (Wildman–Crippen MR) is 87.3 cm³/mol. The molecule has 1 fully saturated rings. The number of benzene rings is 1. The number of hydrogen-bond donors (Lipinski definition) is 2. The van der Waals surface area contributed by atoms with Gasteiger partial charge in [-0.15, -0.1) is 0 Å². The van der Waals surface area contributed by atoms with Crippen molar-refractivity contribution in [2.45, 2.75) is 51.4 Å². The van der Waals surface area contributed by atoms with Gasteiger partial charge in [0.05, 0.1) is 30.5 Å². The van der Waals surface area contributed by atoms with Gasteiger partial charge in [-0.25, -0.2) is 0 Å². The van der Waals surface area contributed by atoms with Crippen molar-refractivity contribution in [3.63, 3.8) is 0 Å². The maximum Gasteiger partial charge on any atom is 0.238 e. The van der Waals surface area contributed by atoms with Crippen LogP contribution >= 0.6 is 0 Å². The van der Waals surface area contributed by atoms with Crippen LogP contribution in [0.15, 0.2) is 24.3 Å². The lowest BCUT2D eigenvalue weighted by molar-refractivity contribution is -0.115. The van der Waals surface area contributed by atoms with Crippen LogP contribution in [-0.4, -0.2) is 36.8 Å². The van der Waals surface area contributed by atoms with Crippen molar-refractivity contribution < 1.29 is 14.3 Å². The highest BCUT2D eigenvalue weighted by molar-refractivity contribution is 5.93. The average Bonchev–Trinajstić information content (AvgIpc) is 2.64. The second-order valence-electron chi connectivity index (χ2n) is 6.85. The van der Waals surface area contributed by atoms with Crippen molar-refractivity contribution in [3.05, 3.63) is 24.3 Å². The van der Waals surface area contributed by atoms with Gasteiger partial charge in [0.2, 0.25) is 5.91 Å². The van der Waals surface area contributed by atoms with Gasteiger partial charge in [-0.1, -0.05) is 12.1 Å². The Balaban J connectivity index is 1.91. The summed E-state index contributed by atoms with van der Waals surface area (Å²) in [6.45, 7) is 8.50. The van der Waals surface area contributed by atoms with E-state index in [2.05, 4.69) is 38.3 Å². The molecule has 1 heterocycles. The number of rotatable bonds is 5. The summed E-state index contributed by atoms with van der Waals surface area (Å²) < 4.78 is 11.3. The van der Waals surface area contributed by atoms with E-state index < -0.39 is 0 Å². The van der Waals surface area contributed by atoms with Gasteiger partial charge in [-0.2, -0.15) is 0 Å². The zero-order valence-corrected chi connectivity index (χ0v) is 14.0. The molecule has 1 aromatic rings. The Labute approximate surface area is 132 Å². The molecule has 22 heavy (non-hydrogen) atoms. The van der Waals surface area contributed by atoms with Crippen LogP contribution in [0.2, 0.25) is 0 Å². The quantitative estimate of drug-likeness (QED) is 0.878. The first-order valence-electron chi connectivity index (χ1n) is 7.60. The fourth-order valence-corrected chi connectivity index (χ4v) is 3.04. The molecule has 1 aliphatic rings. The smallest absolute Gasteiger partial charge is 0.238 e. The number of methoxy groups -OCH3 is 1. The summed E-state index contributed by atoms with van der Waals surface area (Å²) >= 11 is 0. The molecule has 0 spiro atoms. The monoisotopic (exact) mass is 306 g/mol. The van der Waals surface area contributed by atoms with Gasteiger partial charge >= 0.3 is 0 Å². The number of amides is 1. The maximum absolute atomic E-state index is 12.1. The molecule has 0 bridgehead atoms. The van der Waals surface area contributed by atoms with Crippen LogP contribution < -0.4 is 15.4 Å². The van der Waals surface area contributed by atoms with Gasteiger partial charge in [-0.05, 0) is 46.2 Å². The molecule has 1 unspecified atom stereocenters. The number of nitrogens with one attached hydrogen (secondary N) is 2. The third kappa shape index (κ3) is 3.99. The first-order chi connectivity index (χ1) is 10.2. The van der Waals surface area contributed by atoms with Crippen LogP contribution in [0, 0.1) is 0 Å². The summed E-state index contributed by atoms with van der Waals surface area (Å²) in [4.78, 5) is 12.1. The molecule has 5 nitrogen and oxygen atoms in total. The zero-order valence-electron chi connectivity index (χ0n) is 14.0. The normalized spacial score (nSPS) is 22.3. The molecule has 1 aromatic carbocycles. The number of ether oxygens (including phenoxy) is 2. The minimum atomic E-state index is -0.284. The van der Waals surface area contributed by atoms with Gasteiger partial charge in [-0.3, -0.25) is 4.79 Å². The molecule has 0 saturated carbocycles. The number of para-hydroxylation sites is 2. The van der Waals surface area contributed by atoms with E-state index >= 15 is 0 Å². The number of carbonyl (C=O) groups excluding carboxylic acids is 1. The summed E-state index contributed by atoms with van der Waals surface area (Å²) in [5, 5.41) is 6.17. The summed E-state index contributed by atoms with van der Waals surface area (Å²) in [7, 11) is 1.59. The molecule has 2 rings (SSSR count). The van der Waals surface area contributed by atoms with Crippen molar-refractivity contribution in [1.82, 2.24) is 5.32 Å². The van der Waals surface area contributed by atoms with E-state index in [9.17, 15) is 4.79 Å². The summed E-state index contributed by atoms with van der Waals surface area (Å²) in [6.07, 6.45) is 0.877. The summed E-state index contributed by atoms with van der Waals surface area (Å²) in [5.41, 5.74) is 0.230.